The number of esters is 1. The number of carbonyl (C=O) groups excluding carboxylic acids is 1. The molecule has 1 aromatic heterocycles. The van der Waals surface area contributed by atoms with Crippen molar-refractivity contribution in [3.63, 3.8) is 0 Å². The van der Waals surface area contributed by atoms with E-state index >= 15 is 0 Å². The number of rotatable bonds is 8. The van der Waals surface area contributed by atoms with Gasteiger partial charge in [0.05, 0.1) is 20.1 Å². The van der Waals surface area contributed by atoms with Crippen LogP contribution in [0.3, 0.4) is 0 Å². The molecule has 0 N–H and O–H groups in total. The smallest absolute Gasteiger partial charge is 0.374 e. The Balaban J connectivity index is 2.67. The highest BCUT2D eigenvalue weighted by Crippen LogP contribution is 2.17. The number of likely N-dealkylation sites (N-methyl/N-ethyl adjacent to an activating group) is 1. The van der Waals surface area contributed by atoms with Gasteiger partial charge >= 0.3 is 5.97 Å². The number of furan rings is 1. The molecule has 0 bridgehead atoms. The number of hydrogen-bond donors (Lipinski definition) is 0. The van der Waals surface area contributed by atoms with Gasteiger partial charge in [0.25, 0.3) is 10.0 Å². The number of quaternary nitrogens is 1. The molecule has 0 fully saturated rings. The fourth-order valence-electron chi connectivity index (χ4n) is 1.72. The third kappa shape index (κ3) is 4.31. The van der Waals surface area contributed by atoms with Gasteiger partial charge in [-0.2, -0.15) is 0 Å². The van der Waals surface area contributed by atoms with Gasteiger partial charge in [-0.05, 0) is 26.0 Å². The van der Waals surface area contributed by atoms with Crippen LogP contribution in [0.1, 0.15) is 24.4 Å². The lowest BCUT2D eigenvalue weighted by atomic mass is 10.4. The maximum Gasteiger partial charge on any atom is 0.374 e. The van der Waals surface area contributed by atoms with Crippen molar-refractivity contribution in [2.45, 2.75) is 18.9 Å². The molecule has 0 saturated heterocycles. The molecule has 0 aromatic carbocycles. The molecule has 0 saturated carbocycles. The summed E-state index contributed by atoms with van der Waals surface area (Å²) in [5.41, 5.74) is 0. The summed E-state index contributed by atoms with van der Waals surface area (Å²) in [4.78, 5) is 11.9. The van der Waals surface area contributed by atoms with Crippen molar-refractivity contribution >= 4 is 16.0 Å². The molecule has 0 aliphatic carbocycles. The summed E-state index contributed by atoms with van der Waals surface area (Å²) in [7, 11) is 1.19. The molecule has 0 unspecified atom stereocenters. The Labute approximate surface area is 132 Å². The zero-order valence-corrected chi connectivity index (χ0v) is 14.6. The topological polar surface area (TPSA) is 76.8 Å². The van der Waals surface area contributed by atoms with Gasteiger partial charge in [0.1, 0.15) is 13.2 Å². The fourth-order valence-corrected chi connectivity index (χ4v) is 2.51. The number of carbonyl (C=O) groups is 1. The predicted molar refractivity (Wildman–Crippen MR) is 82.0 cm³/mol. The van der Waals surface area contributed by atoms with Crippen LogP contribution in [-0.4, -0.2) is 70.6 Å². The first-order valence-electron chi connectivity index (χ1n) is 7.19. The van der Waals surface area contributed by atoms with Crippen molar-refractivity contribution in [3.05, 3.63) is 17.9 Å². The maximum atomic E-state index is 11.9. The Morgan fingerprint density at radius 3 is 2.36 bits per heavy atom. The molecule has 126 valence electrons. The molecule has 0 spiro atoms. The Morgan fingerprint density at radius 1 is 1.27 bits per heavy atom. The van der Waals surface area contributed by atoms with E-state index < -0.39 is 16.0 Å². The monoisotopic (exact) mass is 333 g/mol. The van der Waals surface area contributed by atoms with Crippen molar-refractivity contribution in [2.75, 3.05) is 47.4 Å². The van der Waals surface area contributed by atoms with E-state index in [0.29, 0.717) is 6.54 Å². The number of sulfonamides is 1. The van der Waals surface area contributed by atoms with E-state index in [0.717, 1.165) is 21.9 Å². The zero-order chi connectivity index (χ0) is 17.0. The molecule has 0 aliphatic heterocycles. The number of hydrogen-bond acceptors (Lipinski definition) is 5. The second kappa shape index (κ2) is 7.26. The first-order chi connectivity index (χ1) is 10.2. The van der Waals surface area contributed by atoms with Gasteiger partial charge in [0.15, 0.2) is 0 Å². The molecule has 8 heteroatoms. The SMILES string of the molecule is CC[N+](C)(CC)CCOC(=O)c1ccc(S(=O)(=O)N(C)C)o1. The van der Waals surface area contributed by atoms with Crippen LogP contribution < -0.4 is 0 Å². The van der Waals surface area contributed by atoms with Gasteiger partial charge in [-0.1, -0.05) is 0 Å². The molecule has 1 heterocycles. The summed E-state index contributed by atoms with van der Waals surface area (Å²) in [6, 6.07) is 2.57. The molecule has 0 atom stereocenters. The van der Waals surface area contributed by atoms with Crippen LogP contribution in [-0.2, 0) is 14.8 Å². The van der Waals surface area contributed by atoms with Gasteiger partial charge in [0, 0.05) is 14.1 Å². The Bertz CT molecular complexity index is 603. The quantitative estimate of drug-likeness (QED) is 0.527. The minimum absolute atomic E-state index is 0.109. The highest BCUT2D eigenvalue weighted by molar-refractivity contribution is 7.88. The van der Waals surface area contributed by atoms with Gasteiger partial charge in [-0.15, -0.1) is 0 Å². The third-order valence-corrected chi connectivity index (χ3v) is 5.60. The average molecular weight is 333 g/mol. The largest absolute Gasteiger partial charge is 0.454 e. The van der Waals surface area contributed by atoms with Crippen LogP contribution in [0.4, 0.5) is 0 Å². The molecular weight excluding hydrogens is 308 g/mol. The zero-order valence-electron chi connectivity index (χ0n) is 13.8. The van der Waals surface area contributed by atoms with E-state index in [-0.39, 0.29) is 17.5 Å². The van der Waals surface area contributed by atoms with E-state index in [1.54, 1.807) is 0 Å². The number of ether oxygens (including phenoxy) is 1. The lowest BCUT2D eigenvalue weighted by molar-refractivity contribution is -0.906. The predicted octanol–water partition coefficient (Wildman–Crippen LogP) is 1.17. The van der Waals surface area contributed by atoms with Crippen molar-refractivity contribution in [1.29, 1.82) is 0 Å². The van der Waals surface area contributed by atoms with E-state index in [4.69, 9.17) is 9.15 Å². The molecule has 0 aliphatic rings. The minimum Gasteiger partial charge on any atom is -0.454 e. The molecule has 22 heavy (non-hydrogen) atoms. The lowest BCUT2D eigenvalue weighted by Gasteiger charge is -2.31. The summed E-state index contributed by atoms with van der Waals surface area (Å²) in [5, 5.41) is -0.271. The highest BCUT2D eigenvalue weighted by Gasteiger charge is 2.24. The minimum atomic E-state index is -3.69. The van der Waals surface area contributed by atoms with E-state index in [9.17, 15) is 13.2 Å². The van der Waals surface area contributed by atoms with E-state index in [2.05, 4.69) is 20.9 Å². The summed E-state index contributed by atoms with van der Waals surface area (Å²) < 4.78 is 35.8. The van der Waals surface area contributed by atoms with Crippen molar-refractivity contribution in [2.24, 2.45) is 0 Å². The number of nitrogens with zero attached hydrogens (tertiary/aromatic N) is 2. The van der Waals surface area contributed by atoms with Gasteiger partial charge in [0.2, 0.25) is 10.9 Å². The maximum absolute atomic E-state index is 11.9. The molecule has 1 aromatic rings. The summed E-state index contributed by atoms with van der Waals surface area (Å²) in [5.74, 6) is -0.762. The average Bonchev–Trinajstić information content (AvgIpc) is 2.97. The Kier molecular flexibility index (Phi) is 6.16. The molecule has 1 rings (SSSR count). The molecular formula is C14H25N2O5S+. The van der Waals surface area contributed by atoms with Gasteiger partial charge < -0.3 is 13.6 Å². The van der Waals surface area contributed by atoms with Crippen LogP contribution >= 0.6 is 0 Å². The van der Waals surface area contributed by atoms with Crippen LogP contribution in [0.2, 0.25) is 0 Å². The van der Waals surface area contributed by atoms with Gasteiger partial charge in [-0.3, -0.25) is 0 Å². The molecule has 0 amide bonds. The second-order valence-electron chi connectivity index (χ2n) is 5.52. The van der Waals surface area contributed by atoms with Crippen LogP contribution in [0, 0.1) is 0 Å². The fraction of sp³-hybridized carbons (Fsp3) is 0.643. The van der Waals surface area contributed by atoms with E-state index in [1.165, 1.54) is 26.2 Å². The lowest BCUT2D eigenvalue weighted by Crippen LogP contribution is -2.46. The second-order valence-corrected chi connectivity index (χ2v) is 7.60. The first-order valence-corrected chi connectivity index (χ1v) is 8.63. The van der Waals surface area contributed by atoms with Crippen molar-refractivity contribution in [3.8, 4) is 0 Å². The van der Waals surface area contributed by atoms with Crippen molar-refractivity contribution < 1.29 is 26.8 Å². The Morgan fingerprint density at radius 2 is 1.86 bits per heavy atom. The first kappa shape index (κ1) is 18.7. The highest BCUT2D eigenvalue weighted by atomic mass is 32.2. The van der Waals surface area contributed by atoms with Gasteiger partial charge in [-0.25, -0.2) is 17.5 Å². The van der Waals surface area contributed by atoms with E-state index in [1.807, 2.05) is 0 Å². The normalized spacial score (nSPS) is 12.6. The van der Waals surface area contributed by atoms with Crippen molar-refractivity contribution in [1.82, 2.24) is 4.31 Å². The summed E-state index contributed by atoms with van der Waals surface area (Å²) >= 11 is 0. The molecule has 7 nitrogen and oxygen atoms in total. The van der Waals surface area contributed by atoms with Crippen LogP contribution in [0.25, 0.3) is 0 Å². The standard InChI is InChI=1S/C14H25N2O5S/c1-6-16(5,7-2)10-11-20-14(17)12-8-9-13(21-12)22(18,19)15(3)4/h8-9H,6-7,10-11H2,1-5H3/q+1. The molecule has 0 radical (unpaired) electrons. The summed E-state index contributed by atoms with van der Waals surface area (Å²) in [6.45, 7) is 7.00. The Hall–Kier alpha value is -1.38. The summed E-state index contributed by atoms with van der Waals surface area (Å²) in [6.07, 6.45) is 0. The van der Waals surface area contributed by atoms with Crippen LogP contribution in [0.15, 0.2) is 21.6 Å². The van der Waals surface area contributed by atoms with Crippen LogP contribution in [0.5, 0.6) is 0 Å². The third-order valence-electron chi connectivity index (χ3n) is 3.91.